The van der Waals surface area contributed by atoms with Crippen molar-refractivity contribution < 1.29 is 14.2 Å². The normalized spacial score (nSPS) is 23.4. The highest BCUT2D eigenvalue weighted by atomic mass is 19.1. The number of piperidine rings is 1. The number of methoxy groups -OCH3 is 1. The Morgan fingerprint density at radius 2 is 2.24 bits per heavy atom. The van der Waals surface area contributed by atoms with E-state index in [1.807, 2.05) is 12.1 Å². The minimum atomic E-state index is -0.151. The minimum absolute atomic E-state index is 0.0522. The van der Waals surface area contributed by atoms with Crippen LogP contribution in [0.2, 0.25) is 0 Å². The van der Waals surface area contributed by atoms with E-state index < -0.39 is 0 Å². The zero-order chi connectivity index (χ0) is 15.3. The Labute approximate surface area is 126 Å². The first-order valence-corrected chi connectivity index (χ1v) is 7.66. The maximum absolute atomic E-state index is 13.3. The van der Waals surface area contributed by atoms with Crippen LogP contribution in [0.5, 0.6) is 0 Å². The Balaban J connectivity index is 2.01. The summed E-state index contributed by atoms with van der Waals surface area (Å²) in [6.45, 7) is 5.41. The number of aryl methyl sites for hydroxylation is 1. The molecule has 4 heteroatoms. The quantitative estimate of drug-likeness (QED) is 0.876. The summed E-state index contributed by atoms with van der Waals surface area (Å²) in [7, 11) is 1.70. The van der Waals surface area contributed by atoms with Crippen LogP contribution in [0.25, 0.3) is 0 Å². The fraction of sp³-hybridized carbons (Fsp3) is 0.647. The molecular weight excluding hydrogens is 269 g/mol. The van der Waals surface area contributed by atoms with Gasteiger partial charge in [0, 0.05) is 32.2 Å². The molecular formula is C17H26FNO2. The van der Waals surface area contributed by atoms with Gasteiger partial charge in [0.25, 0.3) is 0 Å². The second kappa shape index (κ2) is 7.34. The number of hydrogen-bond acceptors (Lipinski definition) is 3. The summed E-state index contributed by atoms with van der Waals surface area (Å²) in [6, 6.07) is 5.31. The van der Waals surface area contributed by atoms with Gasteiger partial charge in [-0.15, -0.1) is 0 Å². The molecule has 1 aliphatic rings. The van der Waals surface area contributed by atoms with E-state index in [9.17, 15) is 9.50 Å². The lowest BCUT2D eigenvalue weighted by Crippen LogP contribution is -2.45. The van der Waals surface area contributed by atoms with Gasteiger partial charge in [-0.05, 0) is 49.9 Å². The molecule has 0 aromatic heterocycles. The molecule has 0 aliphatic carbocycles. The summed E-state index contributed by atoms with van der Waals surface area (Å²) >= 11 is 0. The highest BCUT2D eigenvalue weighted by molar-refractivity contribution is 5.23. The maximum Gasteiger partial charge on any atom is 0.126 e. The molecule has 1 N–H and O–H groups in total. The molecule has 0 bridgehead atoms. The standard InChI is InChI=1S/C17H26FNO2/c1-14-10-15(4-5-16(14)18)11-19-8-3-6-17(12-19,13-20)7-9-21-2/h4-5,10,20H,3,6-9,11-13H2,1-2H3/t17-/m1/s1. The summed E-state index contributed by atoms with van der Waals surface area (Å²) in [5.41, 5.74) is 1.77. The highest BCUT2D eigenvalue weighted by Crippen LogP contribution is 2.33. The molecule has 21 heavy (non-hydrogen) atoms. The molecule has 1 heterocycles. The molecule has 1 saturated heterocycles. The van der Waals surface area contributed by atoms with E-state index in [2.05, 4.69) is 4.90 Å². The lowest BCUT2D eigenvalue weighted by Gasteiger charge is -2.42. The van der Waals surface area contributed by atoms with Crippen LogP contribution in [-0.2, 0) is 11.3 Å². The predicted octanol–water partition coefficient (Wildman–Crippen LogP) is 2.75. The van der Waals surface area contributed by atoms with Crippen LogP contribution < -0.4 is 0 Å². The van der Waals surface area contributed by atoms with Gasteiger partial charge in [-0.3, -0.25) is 4.90 Å². The topological polar surface area (TPSA) is 32.7 Å². The van der Waals surface area contributed by atoms with Crippen molar-refractivity contribution in [3.63, 3.8) is 0 Å². The highest BCUT2D eigenvalue weighted by Gasteiger charge is 2.34. The Morgan fingerprint density at radius 1 is 1.43 bits per heavy atom. The number of aliphatic hydroxyl groups excluding tert-OH is 1. The van der Waals surface area contributed by atoms with Gasteiger partial charge in [0.15, 0.2) is 0 Å². The van der Waals surface area contributed by atoms with E-state index in [1.54, 1.807) is 20.1 Å². The van der Waals surface area contributed by atoms with Crippen molar-refractivity contribution >= 4 is 0 Å². The first kappa shape index (κ1) is 16.4. The SMILES string of the molecule is COCC[C@]1(CO)CCCN(Cc2ccc(F)c(C)c2)C1. The van der Waals surface area contributed by atoms with E-state index in [4.69, 9.17) is 4.74 Å². The number of rotatable bonds is 6. The third-order valence-electron chi connectivity index (χ3n) is 4.54. The molecule has 0 radical (unpaired) electrons. The van der Waals surface area contributed by atoms with E-state index >= 15 is 0 Å². The third-order valence-corrected chi connectivity index (χ3v) is 4.54. The molecule has 0 amide bonds. The second-order valence-corrected chi connectivity index (χ2v) is 6.30. The summed E-state index contributed by atoms with van der Waals surface area (Å²) in [6.07, 6.45) is 3.02. The van der Waals surface area contributed by atoms with Crippen LogP contribution in [0.15, 0.2) is 18.2 Å². The van der Waals surface area contributed by atoms with Crippen molar-refractivity contribution in [2.75, 3.05) is 33.4 Å². The third kappa shape index (κ3) is 4.25. The minimum Gasteiger partial charge on any atom is -0.396 e. The molecule has 1 aromatic rings. The van der Waals surface area contributed by atoms with Gasteiger partial charge in [-0.1, -0.05) is 12.1 Å². The van der Waals surface area contributed by atoms with Crippen LogP contribution >= 0.6 is 0 Å². The fourth-order valence-electron chi connectivity index (χ4n) is 3.24. The molecule has 0 saturated carbocycles. The first-order chi connectivity index (χ1) is 10.1. The zero-order valence-corrected chi connectivity index (χ0v) is 13.1. The summed E-state index contributed by atoms with van der Waals surface area (Å²) in [5.74, 6) is -0.151. The number of likely N-dealkylation sites (tertiary alicyclic amines) is 1. The Morgan fingerprint density at radius 3 is 2.90 bits per heavy atom. The molecule has 1 atom stereocenters. The van der Waals surface area contributed by atoms with Crippen LogP contribution in [0.1, 0.15) is 30.4 Å². The van der Waals surface area contributed by atoms with E-state index in [-0.39, 0.29) is 17.8 Å². The summed E-state index contributed by atoms with van der Waals surface area (Å²) in [5, 5.41) is 9.80. The smallest absolute Gasteiger partial charge is 0.126 e. The lowest BCUT2D eigenvalue weighted by atomic mass is 9.78. The molecule has 0 spiro atoms. The van der Waals surface area contributed by atoms with E-state index in [0.29, 0.717) is 12.2 Å². The predicted molar refractivity (Wildman–Crippen MR) is 81.7 cm³/mol. The first-order valence-electron chi connectivity index (χ1n) is 7.66. The van der Waals surface area contributed by atoms with Gasteiger partial charge < -0.3 is 9.84 Å². The molecule has 1 aliphatic heterocycles. The largest absolute Gasteiger partial charge is 0.396 e. The van der Waals surface area contributed by atoms with Crippen molar-refractivity contribution in [1.82, 2.24) is 4.90 Å². The maximum atomic E-state index is 13.3. The van der Waals surface area contributed by atoms with Gasteiger partial charge in [0.2, 0.25) is 0 Å². The van der Waals surface area contributed by atoms with Gasteiger partial charge in [0.05, 0.1) is 6.61 Å². The van der Waals surface area contributed by atoms with Crippen molar-refractivity contribution in [2.24, 2.45) is 5.41 Å². The summed E-state index contributed by atoms with van der Waals surface area (Å²) < 4.78 is 18.5. The van der Waals surface area contributed by atoms with Gasteiger partial charge >= 0.3 is 0 Å². The van der Waals surface area contributed by atoms with Gasteiger partial charge in [0.1, 0.15) is 5.82 Å². The zero-order valence-electron chi connectivity index (χ0n) is 13.1. The van der Waals surface area contributed by atoms with Crippen molar-refractivity contribution in [3.8, 4) is 0 Å². The number of benzene rings is 1. The molecule has 1 aromatic carbocycles. The monoisotopic (exact) mass is 295 g/mol. The van der Waals surface area contributed by atoms with Crippen LogP contribution in [-0.4, -0.2) is 43.4 Å². The Hall–Kier alpha value is -0.970. The molecule has 0 unspecified atom stereocenters. The van der Waals surface area contributed by atoms with E-state index in [1.165, 1.54) is 0 Å². The van der Waals surface area contributed by atoms with Crippen molar-refractivity contribution in [1.29, 1.82) is 0 Å². The van der Waals surface area contributed by atoms with Crippen LogP contribution in [0.3, 0.4) is 0 Å². The van der Waals surface area contributed by atoms with Crippen LogP contribution in [0.4, 0.5) is 4.39 Å². The van der Waals surface area contributed by atoms with E-state index in [0.717, 1.165) is 44.5 Å². The van der Waals surface area contributed by atoms with Crippen molar-refractivity contribution in [3.05, 3.63) is 35.1 Å². The fourth-order valence-corrected chi connectivity index (χ4v) is 3.24. The number of nitrogens with zero attached hydrogens (tertiary/aromatic N) is 1. The Kier molecular flexibility index (Phi) is 5.73. The number of hydrogen-bond donors (Lipinski definition) is 1. The number of ether oxygens (including phenoxy) is 1. The van der Waals surface area contributed by atoms with Gasteiger partial charge in [-0.25, -0.2) is 4.39 Å². The molecule has 2 rings (SSSR count). The average molecular weight is 295 g/mol. The van der Waals surface area contributed by atoms with Gasteiger partial charge in [-0.2, -0.15) is 0 Å². The summed E-state index contributed by atoms with van der Waals surface area (Å²) in [4.78, 5) is 2.36. The Bertz CT molecular complexity index is 466. The lowest BCUT2D eigenvalue weighted by molar-refractivity contribution is 0.00475. The molecule has 1 fully saturated rings. The molecule has 3 nitrogen and oxygen atoms in total. The average Bonchev–Trinajstić information content (AvgIpc) is 2.49. The number of aliphatic hydroxyl groups is 1. The molecule has 118 valence electrons. The number of halogens is 1. The second-order valence-electron chi connectivity index (χ2n) is 6.30. The van der Waals surface area contributed by atoms with Crippen molar-refractivity contribution in [2.45, 2.75) is 32.7 Å². The van der Waals surface area contributed by atoms with Crippen LogP contribution in [0, 0.1) is 18.2 Å².